The van der Waals surface area contributed by atoms with Gasteiger partial charge in [0.2, 0.25) is 0 Å². The Morgan fingerprint density at radius 3 is 2.75 bits per heavy atom. The van der Waals surface area contributed by atoms with Crippen molar-refractivity contribution >= 4 is 0 Å². The summed E-state index contributed by atoms with van der Waals surface area (Å²) in [5.41, 5.74) is -1.07. The van der Waals surface area contributed by atoms with Crippen molar-refractivity contribution in [1.29, 1.82) is 0 Å². The first-order chi connectivity index (χ1) is 7.51. The normalized spacial score (nSPS) is 17.1. The Morgan fingerprint density at radius 1 is 1.50 bits per heavy atom. The summed E-state index contributed by atoms with van der Waals surface area (Å²) in [7, 11) is 0. The molecule has 1 aromatic rings. The number of aromatic nitrogens is 3. The van der Waals surface area contributed by atoms with Gasteiger partial charge in [0, 0.05) is 13.0 Å². The van der Waals surface area contributed by atoms with Crippen molar-refractivity contribution < 1.29 is 10.2 Å². The van der Waals surface area contributed by atoms with Crippen LogP contribution >= 0.6 is 0 Å². The first kappa shape index (κ1) is 13.1. The van der Waals surface area contributed by atoms with Gasteiger partial charge in [0.15, 0.2) is 0 Å². The van der Waals surface area contributed by atoms with E-state index in [1.807, 2.05) is 6.92 Å². The molecule has 16 heavy (non-hydrogen) atoms. The van der Waals surface area contributed by atoms with Crippen LogP contribution in [0.15, 0.2) is 6.33 Å². The number of rotatable bonds is 6. The maximum Gasteiger partial charge on any atom is 0.138 e. The Hall–Kier alpha value is -0.940. The highest BCUT2D eigenvalue weighted by molar-refractivity contribution is 4.93. The lowest BCUT2D eigenvalue weighted by Crippen LogP contribution is -2.40. The van der Waals surface area contributed by atoms with E-state index in [0.717, 1.165) is 18.8 Å². The Morgan fingerprint density at radius 2 is 2.19 bits per heavy atom. The van der Waals surface area contributed by atoms with Gasteiger partial charge in [0.1, 0.15) is 12.2 Å². The van der Waals surface area contributed by atoms with Gasteiger partial charge in [0.25, 0.3) is 0 Å². The van der Waals surface area contributed by atoms with Crippen LogP contribution in [-0.4, -0.2) is 36.7 Å². The van der Waals surface area contributed by atoms with E-state index in [9.17, 15) is 10.2 Å². The molecule has 0 aliphatic carbocycles. The van der Waals surface area contributed by atoms with Crippen LogP contribution in [0.5, 0.6) is 0 Å². The van der Waals surface area contributed by atoms with E-state index in [2.05, 4.69) is 17.0 Å². The minimum absolute atomic E-state index is 0.334. The predicted octanol–water partition coefficient (Wildman–Crippen LogP) is 0.752. The van der Waals surface area contributed by atoms with Gasteiger partial charge in [-0.05, 0) is 19.8 Å². The molecule has 0 spiro atoms. The molecule has 2 N–H and O–H groups in total. The molecule has 5 nitrogen and oxygen atoms in total. The van der Waals surface area contributed by atoms with Gasteiger partial charge < -0.3 is 10.2 Å². The molecule has 1 aromatic heterocycles. The van der Waals surface area contributed by atoms with Gasteiger partial charge in [-0.15, -0.1) is 0 Å². The quantitative estimate of drug-likeness (QED) is 0.752. The lowest BCUT2D eigenvalue weighted by Gasteiger charge is -2.27. The van der Waals surface area contributed by atoms with Crippen molar-refractivity contribution in [3.05, 3.63) is 12.2 Å². The van der Waals surface area contributed by atoms with Crippen molar-refractivity contribution in [3.8, 4) is 0 Å². The molecule has 0 bridgehead atoms. The second-order valence-corrected chi connectivity index (χ2v) is 4.33. The Labute approximate surface area is 96.1 Å². The molecule has 92 valence electrons. The smallest absolute Gasteiger partial charge is 0.138 e. The maximum absolute atomic E-state index is 9.91. The van der Waals surface area contributed by atoms with E-state index in [-0.39, 0.29) is 0 Å². The Bertz CT molecular complexity index is 323. The van der Waals surface area contributed by atoms with Crippen LogP contribution in [0.3, 0.4) is 0 Å². The lowest BCUT2D eigenvalue weighted by atomic mass is 9.93. The van der Waals surface area contributed by atoms with E-state index in [1.165, 1.54) is 6.33 Å². The number of aryl methyl sites for hydroxylation is 1. The summed E-state index contributed by atoms with van der Waals surface area (Å²) in [5.74, 6) is 0.725. The largest absolute Gasteiger partial charge is 0.390 e. The van der Waals surface area contributed by atoms with Crippen molar-refractivity contribution in [2.24, 2.45) is 0 Å². The summed E-state index contributed by atoms with van der Waals surface area (Å²) < 4.78 is 1.77. The number of nitrogens with zero attached hydrogens (tertiary/aromatic N) is 3. The first-order valence-corrected chi connectivity index (χ1v) is 5.78. The third-order valence-electron chi connectivity index (χ3n) is 2.94. The van der Waals surface area contributed by atoms with Crippen LogP contribution in [-0.2, 0) is 13.0 Å². The van der Waals surface area contributed by atoms with Crippen molar-refractivity contribution in [2.45, 2.75) is 58.3 Å². The molecule has 0 saturated carbocycles. The van der Waals surface area contributed by atoms with Crippen molar-refractivity contribution in [1.82, 2.24) is 14.8 Å². The van der Waals surface area contributed by atoms with Gasteiger partial charge >= 0.3 is 0 Å². The number of aliphatic hydroxyl groups is 2. The first-order valence-electron chi connectivity index (χ1n) is 5.78. The van der Waals surface area contributed by atoms with Crippen molar-refractivity contribution in [3.63, 3.8) is 0 Å². The molecule has 0 fully saturated rings. The summed E-state index contributed by atoms with van der Waals surface area (Å²) >= 11 is 0. The topological polar surface area (TPSA) is 71.2 Å². The molecule has 1 heterocycles. The number of hydrogen-bond donors (Lipinski definition) is 2. The van der Waals surface area contributed by atoms with Gasteiger partial charge in [0.05, 0.1) is 11.7 Å². The molecule has 0 radical (unpaired) electrons. The molecular formula is C11H21N3O2. The van der Waals surface area contributed by atoms with Crippen LogP contribution in [0.1, 0.15) is 39.4 Å². The fraction of sp³-hybridized carbons (Fsp3) is 0.818. The summed E-state index contributed by atoms with van der Waals surface area (Å²) in [6.45, 7) is 6.33. The molecule has 0 aliphatic heterocycles. The highest BCUT2D eigenvalue weighted by Crippen LogP contribution is 2.17. The number of aliphatic hydroxyl groups excluding tert-OH is 1. The van der Waals surface area contributed by atoms with Gasteiger partial charge in [-0.3, -0.25) is 4.68 Å². The maximum atomic E-state index is 9.91. The van der Waals surface area contributed by atoms with Crippen LogP contribution in [0.4, 0.5) is 0 Å². The highest BCUT2D eigenvalue weighted by atomic mass is 16.3. The second-order valence-electron chi connectivity index (χ2n) is 4.33. The summed E-state index contributed by atoms with van der Waals surface area (Å²) in [5, 5.41) is 23.9. The fourth-order valence-corrected chi connectivity index (χ4v) is 1.47. The van der Waals surface area contributed by atoms with Crippen LogP contribution in [0, 0.1) is 0 Å². The summed E-state index contributed by atoms with van der Waals surface area (Å²) in [4.78, 5) is 4.10. The third kappa shape index (κ3) is 3.02. The number of hydrogen-bond acceptors (Lipinski definition) is 4. The molecule has 0 amide bonds. The lowest BCUT2D eigenvalue weighted by molar-refractivity contribution is -0.0641. The molecule has 2 atom stereocenters. The monoisotopic (exact) mass is 227 g/mol. The summed E-state index contributed by atoms with van der Waals surface area (Å²) in [6, 6.07) is 0. The van der Waals surface area contributed by atoms with Gasteiger partial charge in [-0.1, -0.05) is 13.8 Å². The molecule has 0 aromatic carbocycles. The molecule has 1 rings (SSSR count). The minimum Gasteiger partial charge on any atom is -0.390 e. The van der Waals surface area contributed by atoms with Gasteiger partial charge in [-0.25, -0.2) is 4.98 Å². The average Bonchev–Trinajstić information content (AvgIpc) is 2.66. The zero-order valence-electron chi connectivity index (χ0n) is 10.2. The third-order valence-corrected chi connectivity index (χ3v) is 2.94. The van der Waals surface area contributed by atoms with Crippen LogP contribution < -0.4 is 0 Å². The van der Waals surface area contributed by atoms with E-state index in [0.29, 0.717) is 12.8 Å². The van der Waals surface area contributed by atoms with E-state index in [4.69, 9.17) is 0 Å². The van der Waals surface area contributed by atoms with E-state index < -0.39 is 11.7 Å². The average molecular weight is 227 g/mol. The van der Waals surface area contributed by atoms with E-state index >= 15 is 0 Å². The Kier molecular flexibility index (Phi) is 4.44. The molecule has 2 unspecified atom stereocenters. The van der Waals surface area contributed by atoms with Crippen LogP contribution in [0.25, 0.3) is 0 Å². The van der Waals surface area contributed by atoms with Gasteiger partial charge in [-0.2, -0.15) is 5.10 Å². The molecule has 5 heteroatoms. The molecule has 0 saturated heterocycles. The molecule has 0 aliphatic rings. The Balaban J connectivity index is 2.69. The highest BCUT2D eigenvalue weighted by Gasteiger charge is 2.29. The van der Waals surface area contributed by atoms with Crippen molar-refractivity contribution in [2.75, 3.05) is 0 Å². The fourth-order valence-electron chi connectivity index (χ4n) is 1.47. The summed E-state index contributed by atoms with van der Waals surface area (Å²) in [6.07, 6.45) is 2.49. The predicted molar refractivity (Wildman–Crippen MR) is 60.9 cm³/mol. The zero-order chi connectivity index (χ0) is 12.2. The SMILES string of the molecule is CCCn1ncnc1CC(O)C(C)(O)CC. The second kappa shape index (κ2) is 5.41. The standard InChI is InChI=1S/C11H21N3O2/c1-4-6-14-10(12-8-13-14)7-9(15)11(3,16)5-2/h8-9,15-16H,4-7H2,1-3H3. The minimum atomic E-state index is -1.07. The van der Waals surface area contributed by atoms with E-state index in [1.54, 1.807) is 11.6 Å². The zero-order valence-corrected chi connectivity index (χ0v) is 10.2. The van der Waals surface area contributed by atoms with Crippen LogP contribution in [0.2, 0.25) is 0 Å². The molecular weight excluding hydrogens is 206 g/mol.